The molecular weight excluding hydrogens is 356 g/mol. The number of fused-ring (bicyclic) bond motifs is 4. The van der Waals surface area contributed by atoms with Gasteiger partial charge in [-0.05, 0) is 49.3 Å². The van der Waals surface area contributed by atoms with Gasteiger partial charge in [0, 0.05) is 24.7 Å². The van der Waals surface area contributed by atoms with Gasteiger partial charge in [-0.3, -0.25) is 14.7 Å². The van der Waals surface area contributed by atoms with Crippen molar-refractivity contribution in [3.63, 3.8) is 0 Å². The summed E-state index contributed by atoms with van der Waals surface area (Å²) in [7, 11) is 3.08. The Balaban J connectivity index is 1.74. The van der Waals surface area contributed by atoms with E-state index in [4.69, 9.17) is 14.5 Å². The lowest BCUT2D eigenvalue weighted by atomic mass is 9.54. The third kappa shape index (κ3) is 2.10. The van der Waals surface area contributed by atoms with Crippen LogP contribution in [0.25, 0.3) is 0 Å². The largest absolute Gasteiger partial charge is 0.497 e. The summed E-state index contributed by atoms with van der Waals surface area (Å²) < 4.78 is 10.8. The molecule has 4 fully saturated rings. The average Bonchev–Trinajstić information content (AvgIpc) is 3.00. The van der Waals surface area contributed by atoms with Crippen molar-refractivity contribution in [2.45, 2.75) is 44.2 Å². The number of ether oxygens (including phenoxy) is 2. The molecular formula is C22H28N2O4. The number of hydrogen-bond acceptors (Lipinski definition) is 6. The SMILES string of the molecule is CC[C@@H]1C[C@@H]2CN3CCC4(O)C(=Nc5ccc(OC)cc54)C(C(=O)OC)(C2)C13. The van der Waals surface area contributed by atoms with Gasteiger partial charge in [0.15, 0.2) is 0 Å². The summed E-state index contributed by atoms with van der Waals surface area (Å²) >= 11 is 0. The fourth-order valence-electron chi connectivity index (χ4n) is 6.59. The first-order valence-electron chi connectivity index (χ1n) is 10.3. The van der Waals surface area contributed by atoms with Crippen LogP contribution in [-0.4, -0.2) is 55.0 Å². The van der Waals surface area contributed by atoms with Crippen LogP contribution in [0.15, 0.2) is 23.2 Å². The quantitative estimate of drug-likeness (QED) is 0.812. The lowest BCUT2D eigenvalue weighted by Gasteiger charge is -2.58. The minimum Gasteiger partial charge on any atom is -0.497 e. The maximum absolute atomic E-state index is 13.4. The number of methoxy groups -OCH3 is 2. The van der Waals surface area contributed by atoms with E-state index in [2.05, 4.69) is 11.8 Å². The summed E-state index contributed by atoms with van der Waals surface area (Å²) in [5, 5.41) is 12.0. The van der Waals surface area contributed by atoms with Gasteiger partial charge in [-0.2, -0.15) is 0 Å². The molecule has 6 nitrogen and oxygen atoms in total. The van der Waals surface area contributed by atoms with Gasteiger partial charge in [-0.25, -0.2) is 0 Å². The normalized spacial score (nSPS) is 40.2. The zero-order chi connectivity index (χ0) is 19.7. The molecule has 0 radical (unpaired) electrons. The molecule has 4 bridgehead atoms. The Morgan fingerprint density at radius 3 is 2.93 bits per heavy atom. The number of benzene rings is 1. The molecule has 0 spiro atoms. The average molecular weight is 384 g/mol. The van der Waals surface area contributed by atoms with Gasteiger partial charge in [0.05, 0.1) is 25.6 Å². The maximum Gasteiger partial charge on any atom is 0.319 e. The molecule has 5 aliphatic rings. The van der Waals surface area contributed by atoms with Gasteiger partial charge >= 0.3 is 5.97 Å². The molecule has 6 heteroatoms. The second-order valence-corrected chi connectivity index (χ2v) is 8.83. The zero-order valence-corrected chi connectivity index (χ0v) is 16.8. The molecule has 1 aromatic carbocycles. The molecule has 6 rings (SSSR count). The topological polar surface area (TPSA) is 71.4 Å². The van der Waals surface area contributed by atoms with E-state index in [-0.39, 0.29) is 12.0 Å². The van der Waals surface area contributed by atoms with E-state index in [1.165, 1.54) is 7.11 Å². The molecule has 4 heterocycles. The Hall–Kier alpha value is -1.92. The van der Waals surface area contributed by atoms with Crippen molar-refractivity contribution in [2.75, 3.05) is 27.3 Å². The Bertz CT molecular complexity index is 868. The fourth-order valence-corrected chi connectivity index (χ4v) is 6.59. The van der Waals surface area contributed by atoms with Crippen LogP contribution in [0.5, 0.6) is 5.75 Å². The van der Waals surface area contributed by atoms with Gasteiger partial charge < -0.3 is 14.6 Å². The lowest BCUT2D eigenvalue weighted by molar-refractivity contribution is -0.164. The van der Waals surface area contributed by atoms with Gasteiger partial charge in [0.2, 0.25) is 0 Å². The van der Waals surface area contributed by atoms with Gasteiger partial charge in [0.1, 0.15) is 16.8 Å². The highest BCUT2D eigenvalue weighted by Gasteiger charge is 2.68. The first-order chi connectivity index (χ1) is 13.5. The second kappa shape index (κ2) is 6.04. The van der Waals surface area contributed by atoms with E-state index < -0.39 is 11.0 Å². The zero-order valence-electron chi connectivity index (χ0n) is 16.8. The van der Waals surface area contributed by atoms with E-state index >= 15 is 0 Å². The van der Waals surface area contributed by atoms with Crippen molar-refractivity contribution in [3.05, 3.63) is 23.8 Å². The smallest absolute Gasteiger partial charge is 0.319 e. The fraction of sp³-hybridized carbons (Fsp3) is 0.636. The molecule has 1 N–H and O–H groups in total. The molecule has 4 unspecified atom stereocenters. The van der Waals surface area contributed by atoms with Crippen LogP contribution in [0.1, 0.15) is 38.2 Å². The number of hydrogen-bond donors (Lipinski definition) is 1. The van der Waals surface area contributed by atoms with Crippen LogP contribution in [-0.2, 0) is 15.1 Å². The first kappa shape index (κ1) is 18.1. The number of carbonyl (C=O) groups excluding carboxylic acids is 1. The minimum absolute atomic E-state index is 0.0407. The van der Waals surface area contributed by atoms with E-state index in [1.54, 1.807) is 7.11 Å². The van der Waals surface area contributed by atoms with Crippen LogP contribution in [0.3, 0.4) is 0 Å². The Kier molecular flexibility index (Phi) is 3.91. The van der Waals surface area contributed by atoms with Gasteiger partial charge in [-0.1, -0.05) is 13.3 Å². The Labute approximate surface area is 165 Å². The monoisotopic (exact) mass is 384 g/mol. The van der Waals surface area contributed by atoms with Gasteiger partial charge in [-0.15, -0.1) is 0 Å². The number of esters is 1. The highest BCUT2D eigenvalue weighted by atomic mass is 16.5. The Morgan fingerprint density at radius 2 is 2.21 bits per heavy atom. The van der Waals surface area contributed by atoms with Crippen molar-refractivity contribution < 1.29 is 19.4 Å². The van der Waals surface area contributed by atoms with E-state index in [0.717, 1.165) is 37.2 Å². The summed E-state index contributed by atoms with van der Waals surface area (Å²) in [6.07, 6.45) is 3.40. The summed E-state index contributed by atoms with van der Waals surface area (Å²) in [6, 6.07) is 5.65. The molecule has 0 aromatic heterocycles. The van der Waals surface area contributed by atoms with Crippen LogP contribution in [0.4, 0.5) is 5.69 Å². The van der Waals surface area contributed by atoms with Crippen LogP contribution < -0.4 is 4.74 Å². The molecule has 6 atom stereocenters. The number of piperidine rings is 2. The summed E-state index contributed by atoms with van der Waals surface area (Å²) in [6.45, 7) is 3.95. The molecule has 28 heavy (non-hydrogen) atoms. The predicted molar refractivity (Wildman–Crippen MR) is 105 cm³/mol. The molecule has 0 amide bonds. The molecule has 1 aromatic rings. The third-order valence-electron chi connectivity index (χ3n) is 7.61. The van der Waals surface area contributed by atoms with Crippen molar-refractivity contribution in [1.82, 2.24) is 4.90 Å². The molecule has 1 saturated carbocycles. The molecule has 3 saturated heterocycles. The van der Waals surface area contributed by atoms with Crippen molar-refractivity contribution >= 4 is 17.4 Å². The predicted octanol–water partition coefficient (Wildman–Crippen LogP) is 2.65. The number of aliphatic imine (C=N–C) groups is 1. The molecule has 4 aliphatic heterocycles. The number of carbonyl (C=O) groups is 1. The van der Waals surface area contributed by atoms with Crippen molar-refractivity contribution in [1.29, 1.82) is 0 Å². The summed E-state index contributed by atoms with van der Waals surface area (Å²) in [5.74, 6) is 1.28. The molecule has 150 valence electrons. The minimum atomic E-state index is -1.25. The standard InChI is InChI=1S/C22H28N2O4/c1-4-14-9-13-11-21(20(25)28-3)18(14)24(12-13)8-7-22(26)16-10-15(27-2)5-6-17(16)23-19(21)22/h5-6,10,13-14,18,26H,4,7-9,11-12H2,1-3H3/t13-,14+,18?,21?,22?/m0/s1. The summed E-state index contributed by atoms with van der Waals surface area (Å²) in [5.41, 5.74) is -0.0401. The maximum atomic E-state index is 13.4. The highest BCUT2D eigenvalue weighted by molar-refractivity contribution is 6.15. The number of rotatable bonds is 3. The summed E-state index contributed by atoms with van der Waals surface area (Å²) in [4.78, 5) is 20.7. The van der Waals surface area contributed by atoms with Crippen LogP contribution in [0.2, 0.25) is 0 Å². The number of aliphatic hydroxyl groups is 1. The van der Waals surface area contributed by atoms with E-state index in [9.17, 15) is 9.90 Å². The highest BCUT2D eigenvalue weighted by Crippen LogP contribution is 2.59. The Morgan fingerprint density at radius 1 is 1.39 bits per heavy atom. The third-order valence-corrected chi connectivity index (χ3v) is 7.61. The van der Waals surface area contributed by atoms with E-state index in [0.29, 0.717) is 36.1 Å². The van der Waals surface area contributed by atoms with Crippen molar-refractivity contribution in [3.8, 4) is 5.75 Å². The first-order valence-corrected chi connectivity index (χ1v) is 10.3. The number of nitrogens with zero attached hydrogens (tertiary/aromatic N) is 2. The lowest BCUT2D eigenvalue weighted by Crippen LogP contribution is -2.68. The van der Waals surface area contributed by atoms with Gasteiger partial charge in [0.25, 0.3) is 0 Å². The van der Waals surface area contributed by atoms with Crippen LogP contribution >= 0.6 is 0 Å². The van der Waals surface area contributed by atoms with E-state index in [1.807, 2.05) is 18.2 Å². The van der Waals surface area contributed by atoms with Crippen LogP contribution in [0, 0.1) is 17.3 Å². The second-order valence-electron chi connectivity index (χ2n) is 8.83. The van der Waals surface area contributed by atoms with Crippen molar-refractivity contribution in [2.24, 2.45) is 22.2 Å². The molecule has 1 aliphatic carbocycles.